The number of nitrogens with zero attached hydrogens (tertiary/aromatic N) is 2. The molecule has 0 saturated carbocycles. The first-order valence-corrected chi connectivity index (χ1v) is 6.42. The fraction of sp³-hybridized carbons (Fsp3) is 0.615. The number of rotatable bonds is 4. The van der Waals surface area contributed by atoms with Gasteiger partial charge in [0.05, 0.1) is 12.8 Å². The highest BCUT2D eigenvalue weighted by Crippen LogP contribution is 2.21. The van der Waals surface area contributed by atoms with Gasteiger partial charge in [0, 0.05) is 6.54 Å². The summed E-state index contributed by atoms with van der Waals surface area (Å²) in [5, 5.41) is 3.37. The second-order valence-electron chi connectivity index (χ2n) is 4.92. The average Bonchev–Trinajstić information content (AvgIpc) is 2.39. The van der Waals surface area contributed by atoms with Crippen LogP contribution in [0.25, 0.3) is 0 Å². The molecule has 1 aromatic rings. The van der Waals surface area contributed by atoms with Crippen molar-refractivity contribution >= 4 is 11.5 Å². The molecule has 1 aliphatic heterocycles. The smallest absolute Gasteiger partial charge is 0.238 e. The molecule has 2 heterocycles. The largest absolute Gasteiger partial charge is 0.479 e. The van der Waals surface area contributed by atoms with Crippen molar-refractivity contribution in [3.05, 3.63) is 12.1 Å². The van der Waals surface area contributed by atoms with E-state index < -0.39 is 0 Å². The summed E-state index contributed by atoms with van der Waals surface area (Å²) in [4.78, 5) is 6.70. The zero-order valence-corrected chi connectivity index (χ0v) is 11.1. The van der Waals surface area contributed by atoms with Crippen LogP contribution in [0.15, 0.2) is 12.1 Å². The number of likely N-dealkylation sites (tertiary alicyclic amines) is 1. The van der Waals surface area contributed by atoms with E-state index in [1.165, 1.54) is 25.9 Å². The van der Waals surface area contributed by atoms with Gasteiger partial charge in [-0.05, 0) is 51.0 Å². The lowest BCUT2D eigenvalue weighted by molar-refractivity contribution is 0.226. The van der Waals surface area contributed by atoms with Gasteiger partial charge in [-0.15, -0.1) is 0 Å². The number of hydrogen-bond acceptors (Lipinski definition) is 5. The molecule has 2 rings (SSSR count). The van der Waals surface area contributed by atoms with Crippen molar-refractivity contribution in [2.45, 2.75) is 12.8 Å². The molecule has 100 valence electrons. The molecule has 5 nitrogen and oxygen atoms in total. The van der Waals surface area contributed by atoms with Crippen LogP contribution in [0.3, 0.4) is 0 Å². The van der Waals surface area contributed by atoms with E-state index in [0.717, 1.165) is 18.3 Å². The Hall–Kier alpha value is -1.49. The third kappa shape index (κ3) is 3.26. The van der Waals surface area contributed by atoms with Gasteiger partial charge in [0.1, 0.15) is 5.82 Å². The van der Waals surface area contributed by atoms with Crippen molar-refractivity contribution < 1.29 is 4.74 Å². The van der Waals surface area contributed by atoms with Crippen LogP contribution in [0.2, 0.25) is 0 Å². The molecular formula is C13H22N4O. The Morgan fingerprint density at radius 1 is 1.44 bits per heavy atom. The summed E-state index contributed by atoms with van der Waals surface area (Å²) in [6, 6.07) is 3.72. The Morgan fingerprint density at radius 2 is 2.17 bits per heavy atom. The van der Waals surface area contributed by atoms with Crippen LogP contribution < -0.4 is 15.8 Å². The normalized spacial score (nSPS) is 17.7. The van der Waals surface area contributed by atoms with Crippen molar-refractivity contribution in [3.8, 4) is 5.88 Å². The van der Waals surface area contributed by atoms with E-state index in [-0.39, 0.29) is 0 Å². The van der Waals surface area contributed by atoms with E-state index in [2.05, 4.69) is 22.2 Å². The Bertz CT molecular complexity index is 389. The van der Waals surface area contributed by atoms with Crippen LogP contribution in [0.1, 0.15) is 12.8 Å². The molecule has 1 aliphatic rings. The molecule has 0 spiro atoms. The number of nitrogens with two attached hydrogens (primary N) is 1. The van der Waals surface area contributed by atoms with Gasteiger partial charge in [-0.3, -0.25) is 0 Å². The second kappa shape index (κ2) is 5.91. The van der Waals surface area contributed by atoms with Crippen molar-refractivity contribution in [2.24, 2.45) is 5.92 Å². The van der Waals surface area contributed by atoms with Crippen molar-refractivity contribution in [3.63, 3.8) is 0 Å². The molecule has 0 aliphatic carbocycles. The molecule has 0 amide bonds. The first-order valence-electron chi connectivity index (χ1n) is 6.42. The number of methoxy groups -OCH3 is 1. The Balaban J connectivity index is 1.86. The van der Waals surface area contributed by atoms with Gasteiger partial charge in [-0.1, -0.05) is 0 Å². The van der Waals surface area contributed by atoms with Gasteiger partial charge in [0.15, 0.2) is 0 Å². The lowest BCUT2D eigenvalue weighted by atomic mass is 9.97. The zero-order chi connectivity index (χ0) is 13.0. The summed E-state index contributed by atoms with van der Waals surface area (Å²) >= 11 is 0. The highest BCUT2D eigenvalue weighted by atomic mass is 16.5. The highest BCUT2D eigenvalue weighted by Gasteiger charge is 2.16. The molecule has 1 saturated heterocycles. The molecule has 18 heavy (non-hydrogen) atoms. The third-order valence-electron chi connectivity index (χ3n) is 3.49. The van der Waals surface area contributed by atoms with E-state index in [0.29, 0.717) is 11.6 Å². The third-order valence-corrected chi connectivity index (χ3v) is 3.49. The number of anilines is 2. The minimum atomic E-state index is 0.489. The zero-order valence-electron chi connectivity index (χ0n) is 11.1. The molecule has 0 aromatic carbocycles. The van der Waals surface area contributed by atoms with Gasteiger partial charge in [0.25, 0.3) is 0 Å². The molecule has 0 unspecified atom stereocenters. The maximum Gasteiger partial charge on any atom is 0.238 e. The Morgan fingerprint density at radius 3 is 2.83 bits per heavy atom. The minimum absolute atomic E-state index is 0.489. The number of hydrogen-bond donors (Lipinski definition) is 2. The summed E-state index contributed by atoms with van der Waals surface area (Å²) in [5.41, 5.74) is 6.31. The number of piperidine rings is 1. The Kier molecular flexibility index (Phi) is 4.25. The SMILES string of the molecule is COc1nc(NCC2CCN(C)CC2)ccc1N. The molecule has 5 heteroatoms. The average molecular weight is 250 g/mol. The standard InChI is InChI=1S/C13H22N4O/c1-17-7-5-10(6-8-17)9-15-12-4-3-11(14)13(16-12)18-2/h3-4,10H,5-9,14H2,1-2H3,(H,15,16). The van der Waals surface area contributed by atoms with Gasteiger partial charge in [-0.25, -0.2) is 0 Å². The number of nitrogen functional groups attached to an aromatic ring is 1. The maximum absolute atomic E-state index is 5.73. The molecule has 0 atom stereocenters. The monoisotopic (exact) mass is 250 g/mol. The fourth-order valence-electron chi connectivity index (χ4n) is 2.23. The van der Waals surface area contributed by atoms with Crippen molar-refractivity contribution in [1.29, 1.82) is 0 Å². The van der Waals surface area contributed by atoms with Crippen molar-refractivity contribution in [2.75, 3.05) is 44.8 Å². The van der Waals surface area contributed by atoms with Crippen LogP contribution in [0, 0.1) is 5.92 Å². The van der Waals surface area contributed by atoms with E-state index in [1.807, 2.05) is 12.1 Å². The lowest BCUT2D eigenvalue weighted by Gasteiger charge is -2.29. The first-order chi connectivity index (χ1) is 8.69. The molecule has 0 radical (unpaired) electrons. The number of aromatic nitrogens is 1. The second-order valence-corrected chi connectivity index (χ2v) is 4.92. The molecule has 1 aromatic heterocycles. The van der Waals surface area contributed by atoms with Crippen LogP contribution in [-0.2, 0) is 0 Å². The van der Waals surface area contributed by atoms with Gasteiger partial charge < -0.3 is 20.7 Å². The first kappa shape index (κ1) is 13.0. The predicted molar refractivity (Wildman–Crippen MR) is 73.9 cm³/mol. The predicted octanol–water partition coefficient (Wildman–Crippen LogP) is 1.43. The lowest BCUT2D eigenvalue weighted by Crippen LogP contribution is -2.33. The van der Waals surface area contributed by atoms with E-state index >= 15 is 0 Å². The molecule has 1 fully saturated rings. The molecule has 0 bridgehead atoms. The Labute approximate surface area is 108 Å². The summed E-state index contributed by atoms with van der Waals surface area (Å²) in [6.07, 6.45) is 2.49. The number of ether oxygens (including phenoxy) is 1. The fourth-order valence-corrected chi connectivity index (χ4v) is 2.23. The quantitative estimate of drug-likeness (QED) is 0.846. The number of pyridine rings is 1. The van der Waals surface area contributed by atoms with E-state index in [9.17, 15) is 0 Å². The maximum atomic E-state index is 5.73. The summed E-state index contributed by atoms with van der Waals surface area (Å²) in [6.45, 7) is 3.34. The summed E-state index contributed by atoms with van der Waals surface area (Å²) in [7, 11) is 3.76. The van der Waals surface area contributed by atoms with Crippen LogP contribution in [0.5, 0.6) is 5.88 Å². The summed E-state index contributed by atoms with van der Waals surface area (Å²) in [5.74, 6) is 2.05. The topological polar surface area (TPSA) is 63.4 Å². The van der Waals surface area contributed by atoms with Crippen LogP contribution in [-0.4, -0.2) is 43.7 Å². The minimum Gasteiger partial charge on any atom is -0.479 e. The van der Waals surface area contributed by atoms with Gasteiger partial charge in [0.2, 0.25) is 5.88 Å². The summed E-state index contributed by atoms with van der Waals surface area (Å²) < 4.78 is 5.11. The van der Waals surface area contributed by atoms with E-state index in [1.54, 1.807) is 7.11 Å². The van der Waals surface area contributed by atoms with Gasteiger partial charge in [-0.2, -0.15) is 4.98 Å². The van der Waals surface area contributed by atoms with E-state index in [4.69, 9.17) is 10.5 Å². The number of nitrogens with one attached hydrogen (secondary N) is 1. The van der Waals surface area contributed by atoms with Gasteiger partial charge >= 0.3 is 0 Å². The molecule has 3 N–H and O–H groups in total. The van der Waals surface area contributed by atoms with Crippen LogP contribution in [0.4, 0.5) is 11.5 Å². The highest BCUT2D eigenvalue weighted by molar-refractivity contribution is 5.53. The molecular weight excluding hydrogens is 228 g/mol. The van der Waals surface area contributed by atoms with Crippen LogP contribution >= 0.6 is 0 Å². The van der Waals surface area contributed by atoms with Crippen molar-refractivity contribution in [1.82, 2.24) is 9.88 Å².